The minimum atomic E-state index is -0.0369. The van der Waals surface area contributed by atoms with Gasteiger partial charge in [0.2, 0.25) is 0 Å². The highest BCUT2D eigenvalue weighted by Gasteiger charge is 2.04. The fourth-order valence-corrected chi connectivity index (χ4v) is 1.52. The number of nitrogens with two attached hydrogens (primary N) is 1. The van der Waals surface area contributed by atoms with E-state index in [4.69, 9.17) is 10.5 Å². The van der Waals surface area contributed by atoms with E-state index in [-0.39, 0.29) is 12.0 Å². The molecule has 15 heavy (non-hydrogen) atoms. The number of H-pyrrole nitrogens is 1. The Kier molecular flexibility index (Phi) is 2.43. The van der Waals surface area contributed by atoms with E-state index in [0.29, 0.717) is 16.7 Å². The molecule has 0 radical (unpaired) electrons. The number of aromatic nitrogens is 1. The molecule has 1 aromatic carbocycles. The number of hydrogen-bond donors (Lipinski definition) is 2. The Labute approximate surface area is 86.7 Å². The van der Waals surface area contributed by atoms with Crippen molar-refractivity contribution >= 4 is 10.9 Å². The zero-order valence-electron chi connectivity index (χ0n) is 8.41. The molecule has 0 saturated carbocycles. The molecule has 78 valence electrons. The quantitative estimate of drug-likeness (QED) is 0.766. The van der Waals surface area contributed by atoms with Crippen LogP contribution in [-0.4, -0.2) is 12.1 Å². The number of aromatic amines is 1. The topological polar surface area (TPSA) is 68.1 Å². The molecule has 0 aliphatic carbocycles. The number of ether oxygens (including phenoxy) is 1. The average molecular weight is 204 g/mol. The van der Waals surface area contributed by atoms with Gasteiger partial charge in [0.1, 0.15) is 5.75 Å². The normalized spacial score (nSPS) is 10.5. The summed E-state index contributed by atoms with van der Waals surface area (Å²) >= 11 is 0. The standard InChI is InChI=1S/C11H12N2O2/c1-15-8-2-3-10-9(4-8)11(14)7(5-12)6-13-10/h2-4,6H,5,12H2,1H3,(H,13,14). The van der Waals surface area contributed by atoms with Gasteiger partial charge in [-0.25, -0.2) is 0 Å². The number of rotatable bonds is 2. The second kappa shape index (κ2) is 3.74. The molecule has 4 nitrogen and oxygen atoms in total. The lowest BCUT2D eigenvalue weighted by Gasteiger charge is -2.03. The minimum Gasteiger partial charge on any atom is -0.497 e. The summed E-state index contributed by atoms with van der Waals surface area (Å²) in [4.78, 5) is 14.9. The first kappa shape index (κ1) is 9.73. The van der Waals surface area contributed by atoms with E-state index >= 15 is 0 Å². The summed E-state index contributed by atoms with van der Waals surface area (Å²) in [6.45, 7) is 0.239. The van der Waals surface area contributed by atoms with Crippen LogP contribution in [-0.2, 0) is 6.54 Å². The van der Waals surface area contributed by atoms with Crippen molar-refractivity contribution in [3.05, 3.63) is 40.2 Å². The van der Waals surface area contributed by atoms with E-state index in [1.807, 2.05) is 6.07 Å². The van der Waals surface area contributed by atoms with Gasteiger partial charge in [-0.2, -0.15) is 0 Å². The van der Waals surface area contributed by atoms with Crippen LogP contribution in [0.2, 0.25) is 0 Å². The molecular formula is C11H12N2O2. The lowest BCUT2D eigenvalue weighted by Crippen LogP contribution is -2.13. The van der Waals surface area contributed by atoms with E-state index in [2.05, 4.69) is 4.98 Å². The van der Waals surface area contributed by atoms with Crippen molar-refractivity contribution in [3.8, 4) is 5.75 Å². The van der Waals surface area contributed by atoms with E-state index < -0.39 is 0 Å². The zero-order chi connectivity index (χ0) is 10.8. The number of fused-ring (bicyclic) bond motifs is 1. The minimum absolute atomic E-state index is 0.0369. The molecule has 0 fully saturated rings. The predicted octanol–water partition coefficient (Wildman–Crippen LogP) is 0.995. The Morgan fingerprint density at radius 3 is 2.93 bits per heavy atom. The maximum Gasteiger partial charge on any atom is 0.193 e. The molecule has 4 heteroatoms. The summed E-state index contributed by atoms with van der Waals surface area (Å²) in [7, 11) is 1.57. The summed E-state index contributed by atoms with van der Waals surface area (Å²) in [6.07, 6.45) is 1.65. The van der Waals surface area contributed by atoms with Gasteiger partial charge in [0.05, 0.1) is 7.11 Å². The Hall–Kier alpha value is -1.81. The lowest BCUT2D eigenvalue weighted by atomic mass is 10.1. The first-order valence-electron chi connectivity index (χ1n) is 4.64. The summed E-state index contributed by atoms with van der Waals surface area (Å²) in [5.74, 6) is 0.669. The van der Waals surface area contributed by atoms with Crippen molar-refractivity contribution in [2.45, 2.75) is 6.54 Å². The number of benzene rings is 1. The molecule has 1 aromatic heterocycles. The number of hydrogen-bond acceptors (Lipinski definition) is 3. The van der Waals surface area contributed by atoms with Crippen molar-refractivity contribution in [1.82, 2.24) is 4.98 Å². The van der Waals surface area contributed by atoms with Gasteiger partial charge in [0.15, 0.2) is 5.43 Å². The van der Waals surface area contributed by atoms with E-state index in [1.165, 1.54) is 0 Å². The van der Waals surface area contributed by atoms with Crippen molar-refractivity contribution in [2.75, 3.05) is 7.11 Å². The largest absolute Gasteiger partial charge is 0.497 e. The van der Waals surface area contributed by atoms with Crippen LogP contribution in [0.3, 0.4) is 0 Å². The van der Waals surface area contributed by atoms with Crippen LogP contribution in [0.1, 0.15) is 5.56 Å². The van der Waals surface area contributed by atoms with Gasteiger partial charge < -0.3 is 15.5 Å². The predicted molar refractivity (Wildman–Crippen MR) is 59.0 cm³/mol. The fourth-order valence-electron chi connectivity index (χ4n) is 1.52. The average Bonchev–Trinajstić information content (AvgIpc) is 2.29. The van der Waals surface area contributed by atoms with Gasteiger partial charge in [-0.05, 0) is 18.2 Å². The van der Waals surface area contributed by atoms with Crippen LogP contribution < -0.4 is 15.9 Å². The number of pyridine rings is 1. The van der Waals surface area contributed by atoms with Gasteiger partial charge in [-0.1, -0.05) is 0 Å². The Morgan fingerprint density at radius 1 is 1.47 bits per heavy atom. The summed E-state index contributed by atoms with van der Waals surface area (Å²) in [5.41, 5.74) is 6.79. The zero-order valence-corrected chi connectivity index (χ0v) is 8.41. The van der Waals surface area contributed by atoms with Crippen LogP contribution in [0.5, 0.6) is 5.75 Å². The van der Waals surface area contributed by atoms with Crippen LogP contribution in [0.25, 0.3) is 10.9 Å². The third kappa shape index (κ3) is 1.59. The highest BCUT2D eigenvalue weighted by molar-refractivity contribution is 5.80. The van der Waals surface area contributed by atoms with Crippen LogP contribution in [0, 0.1) is 0 Å². The molecule has 0 aliphatic heterocycles. The van der Waals surface area contributed by atoms with Gasteiger partial charge in [-0.15, -0.1) is 0 Å². The van der Waals surface area contributed by atoms with Gasteiger partial charge in [0, 0.05) is 29.2 Å². The summed E-state index contributed by atoms with van der Waals surface area (Å²) in [5, 5.41) is 0.609. The Bertz CT molecular complexity index is 541. The third-order valence-corrected chi connectivity index (χ3v) is 2.38. The molecular weight excluding hydrogens is 192 g/mol. The van der Waals surface area contributed by atoms with E-state index in [9.17, 15) is 4.79 Å². The Morgan fingerprint density at radius 2 is 2.27 bits per heavy atom. The van der Waals surface area contributed by atoms with Gasteiger partial charge in [-0.3, -0.25) is 4.79 Å². The smallest absolute Gasteiger partial charge is 0.193 e. The number of methoxy groups -OCH3 is 1. The summed E-state index contributed by atoms with van der Waals surface area (Å²) < 4.78 is 5.07. The molecule has 2 aromatic rings. The molecule has 0 aliphatic rings. The molecule has 0 bridgehead atoms. The van der Waals surface area contributed by atoms with Crippen molar-refractivity contribution in [2.24, 2.45) is 5.73 Å². The maximum absolute atomic E-state index is 11.9. The fraction of sp³-hybridized carbons (Fsp3) is 0.182. The van der Waals surface area contributed by atoms with Crippen molar-refractivity contribution in [1.29, 1.82) is 0 Å². The molecule has 0 unspecified atom stereocenters. The van der Waals surface area contributed by atoms with Crippen molar-refractivity contribution < 1.29 is 4.74 Å². The molecule has 2 rings (SSSR count). The van der Waals surface area contributed by atoms with Gasteiger partial charge >= 0.3 is 0 Å². The molecule has 0 amide bonds. The second-order valence-corrected chi connectivity index (χ2v) is 3.26. The van der Waals surface area contributed by atoms with E-state index in [0.717, 1.165) is 5.52 Å². The highest BCUT2D eigenvalue weighted by atomic mass is 16.5. The molecule has 3 N–H and O–H groups in total. The summed E-state index contributed by atoms with van der Waals surface area (Å²) in [6, 6.07) is 5.34. The number of nitrogens with one attached hydrogen (secondary N) is 1. The van der Waals surface area contributed by atoms with Gasteiger partial charge in [0.25, 0.3) is 0 Å². The maximum atomic E-state index is 11.9. The third-order valence-electron chi connectivity index (χ3n) is 2.38. The van der Waals surface area contributed by atoms with Crippen LogP contribution >= 0.6 is 0 Å². The first-order chi connectivity index (χ1) is 7.26. The molecule has 0 atom stereocenters. The first-order valence-corrected chi connectivity index (χ1v) is 4.64. The molecule has 0 spiro atoms. The second-order valence-electron chi connectivity index (χ2n) is 3.26. The SMILES string of the molecule is COc1ccc2[nH]cc(CN)c(=O)c2c1. The Balaban J connectivity index is 2.78. The lowest BCUT2D eigenvalue weighted by molar-refractivity contribution is 0.415. The van der Waals surface area contributed by atoms with Crippen LogP contribution in [0.15, 0.2) is 29.2 Å². The van der Waals surface area contributed by atoms with Crippen molar-refractivity contribution in [3.63, 3.8) is 0 Å². The monoisotopic (exact) mass is 204 g/mol. The molecule has 0 saturated heterocycles. The van der Waals surface area contributed by atoms with Crippen LogP contribution in [0.4, 0.5) is 0 Å². The molecule has 1 heterocycles. The highest BCUT2D eigenvalue weighted by Crippen LogP contribution is 2.16. The van der Waals surface area contributed by atoms with E-state index in [1.54, 1.807) is 25.4 Å².